The number of carbonyl (C=O) groups excluding carboxylic acids is 1. The van der Waals surface area contributed by atoms with Gasteiger partial charge in [-0.2, -0.15) is 5.10 Å². The number of nitrogens with one attached hydrogen (secondary N) is 1. The molecule has 112 valence electrons. The molecule has 3 aromatic rings. The Bertz CT molecular complexity index is 967. The van der Waals surface area contributed by atoms with Gasteiger partial charge in [-0.15, -0.1) is 0 Å². The number of carbonyl (C=O) groups is 1. The maximum atomic E-state index is 12.2. The number of benzene rings is 1. The highest BCUT2D eigenvalue weighted by Crippen LogP contribution is 2.24. The fraction of sp³-hybridized carbons (Fsp3) is 0.0556. The number of pyridine rings is 1. The standard InChI is InChI=1S/C18H14N4O/c1-22-11-13(14-6-2-3-7-16(14)22)9-15-17(20-21-18(15)23)12-5-4-8-19-10-12/h2-11H,1H3,(H,21,23). The van der Waals surface area contributed by atoms with Crippen LogP contribution in [0, 0.1) is 0 Å². The van der Waals surface area contributed by atoms with Gasteiger partial charge in [-0.1, -0.05) is 18.2 Å². The molecule has 1 N–H and O–H groups in total. The zero-order valence-electron chi connectivity index (χ0n) is 12.5. The molecule has 0 aliphatic carbocycles. The van der Waals surface area contributed by atoms with Crippen molar-refractivity contribution in [3.8, 4) is 0 Å². The predicted molar refractivity (Wildman–Crippen MR) is 89.8 cm³/mol. The van der Waals surface area contributed by atoms with E-state index in [4.69, 9.17) is 0 Å². The summed E-state index contributed by atoms with van der Waals surface area (Å²) in [6.07, 6.45) is 7.30. The largest absolute Gasteiger partial charge is 0.350 e. The number of nitrogens with zero attached hydrogens (tertiary/aromatic N) is 3. The second-order valence-corrected chi connectivity index (χ2v) is 5.41. The van der Waals surface area contributed by atoms with Gasteiger partial charge in [0, 0.05) is 47.7 Å². The fourth-order valence-electron chi connectivity index (χ4n) is 2.84. The van der Waals surface area contributed by atoms with E-state index in [-0.39, 0.29) is 5.91 Å². The molecule has 3 heterocycles. The van der Waals surface area contributed by atoms with Crippen molar-refractivity contribution in [1.82, 2.24) is 15.0 Å². The van der Waals surface area contributed by atoms with Crippen LogP contribution in [0.2, 0.25) is 0 Å². The first-order chi connectivity index (χ1) is 11.2. The van der Waals surface area contributed by atoms with Crippen molar-refractivity contribution in [3.63, 3.8) is 0 Å². The van der Waals surface area contributed by atoms with Crippen molar-refractivity contribution in [3.05, 3.63) is 71.7 Å². The Morgan fingerprint density at radius 1 is 1.17 bits per heavy atom. The number of aromatic nitrogens is 2. The molecule has 4 rings (SSSR count). The number of para-hydroxylation sites is 1. The predicted octanol–water partition coefficient (Wildman–Crippen LogP) is 2.49. The van der Waals surface area contributed by atoms with Gasteiger partial charge in [0.2, 0.25) is 0 Å². The summed E-state index contributed by atoms with van der Waals surface area (Å²) >= 11 is 0. The van der Waals surface area contributed by atoms with Gasteiger partial charge in [-0.05, 0) is 24.3 Å². The van der Waals surface area contributed by atoms with Crippen molar-refractivity contribution in [2.45, 2.75) is 0 Å². The fourth-order valence-corrected chi connectivity index (χ4v) is 2.84. The Kier molecular flexibility index (Phi) is 3.05. The molecule has 2 aromatic heterocycles. The van der Waals surface area contributed by atoms with Crippen LogP contribution in [0.25, 0.3) is 17.0 Å². The molecule has 1 aliphatic rings. The quantitative estimate of drug-likeness (QED) is 0.739. The third-order valence-corrected chi connectivity index (χ3v) is 3.93. The Hall–Kier alpha value is -3.21. The average molecular weight is 302 g/mol. The number of rotatable bonds is 2. The van der Waals surface area contributed by atoms with E-state index in [1.807, 2.05) is 43.6 Å². The van der Waals surface area contributed by atoms with Crippen LogP contribution >= 0.6 is 0 Å². The molecule has 0 spiro atoms. The van der Waals surface area contributed by atoms with Crippen molar-refractivity contribution in [2.24, 2.45) is 12.1 Å². The number of hydrogen-bond acceptors (Lipinski definition) is 3. The zero-order valence-corrected chi connectivity index (χ0v) is 12.5. The van der Waals surface area contributed by atoms with Crippen LogP contribution in [0.15, 0.2) is 65.7 Å². The molecular formula is C18H14N4O. The monoisotopic (exact) mass is 302 g/mol. The molecule has 0 bridgehead atoms. The molecule has 0 unspecified atom stereocenters. The average Bonchev–Trinajstić information content (AvgIpc) is 3.11. The summed E-state index contributed by atoms with van der Waals surface area (Å²) in [5.41, 5.74) is 6.64. The van der Waals surface area contributed by atoms with Crippen LogP contribution in [0.4, 0.5) is 0 Å². The van der Waals surface area contributed by atoms with E-state index in [1.165, 1.54) is 0 Å². The Morgan fingerprint density at radius 3 is 2.87 bits per heavy atom. The molecule has 23 heavy (non-hydrogen) atoms. The number of hydrogen-bond donors (Lipinski definition) is 1. The molecule has 0 saturated heterocycles. The molecule has 0 saturated carbocycles. The topological polar surface area (TPSA) is 59.3 Å². The minimum atomic E-state index is -0.197. The Labute approximate surface area is 133 Å². The molecule has 0 fully saturated rings. The van der Waals surface area contributed by atoms with Gasteiger partial charge in [-0.25, -0.2) is 5.43 Å². The van der Waals surface area contributed by atoms with Gasteiger partial charge in [-0.3, -0.25) is 9.78 Å². The first-order valence-electron chi connectivity index (χ1n) is 7.28. The van der Waals surface area contributed by atoms with Crippen molar-refractivity contribution in [2.75, 3.05) is 0 Å². The van der Waals surface area contributed by atoms with Crippen LogP contribution < -0.4 is 5.43 Å². The second-order valence-electron chi connectivity index (χ2n) is 5.41. The van der Waals surface area contributed by atoms with E-state index in [2.05, 4.69) is 32.2 Å². The second kappa shape index (κ2) is 5.21. The first kappa shape index (κ1) is 13.5. The highest BCUT2D eigenvalue weighted by atomic mass is 16.2. The van der Waals surface area contributed by atoms with Gasteiger partial charge in [0.05, 0.1) is 5.57 Å². The maximum Gasteiger partial charge on any atom is 0.273 e. The normalized spacial score (nSPS) is 16.0. The van der Waals surface area contributed by atoms with Crippen molar-refractivity contribution >= 4 is 28.6 Å². The lowest BCUT2D eigenvalue weighted by Crippen LogP contribution is -2.13. The number of amides is 1. The molecule has 0 atom stereocenters. The van der Waals surface area contributed by atoms with E-state index in [1.54, 1.807) is 12.4 Å². The third-order valence-electron chi connectivity index (χ3n) is 3.93. The molecule has 5 nitrogen and oxygen atoms in total. The molecule has 0 radical (unpaired) electrons. The summed E-state index contributed by atoms with van der Waals surface area (Å²) in [6.45, 7) is 0. The minimum absolute atomic E-state index is 0.197. The summed E-state index contributed by atoms with van der Waals surface area (Å²) in [4.78, 5) is 16.3. The minimum Gasteiger partial charge on any atom is -0.350 e. The van der Waals surface area contributed by atoms with Gasteiger partial charge in [0.25, 0.3) is 5.91 Å². The van der Waals surface area contributed by atoms with Crippen LogP contribution in [0.3, 0.4) is 0 Å². The van der Waals surface area contributed by atoms with Crippen LogP contribution in [0.5, 0.6) is 0 Å². The summed E-state index contributed by atoms with van der Waals surface area (Å²) in [6, 6.07) is 11.8. The van der Waals surface area contributed by atoms with Crippen LogP contribution in [-0.4, -0.2) is 21.2 Å². The Balaban J connectivity index is 1.86. The SMILES string of the molecule is Cn1cc(C=C2C(=O)NN=C2c2cccnc2)c2ccccc21. The molecule has 1 amide bonds. The molecule has 1 aliphatic heterocycles. The maximum absolute atomic E-state index is 12.2. The van der Waals surface area contributed by atoms with E-state index in [0.29, 0.717) is 11.3 Å². The summed E-state index contributed by atoms with van der Waals surface area (Å²) in [7, 11) is 2.00. The van der Waals surface area contributed by atoms with Crippen LogP contribution in [0.1, 0.15) is 11.1 Å². The Morgan fingerprint density at radius 2 is 2.04 bits per heavy atom. The molecular weight excluding hydrogens is 288 g/mol. The first-order valence-corrected chi connectivity index (χ1v) is 7.28. The molecule has 1 aromatic carbocycles. The van der Waals surface area contributed by atoms with Crippen molar-refractivity contribution in [1.29, 1.82) is 0 Å². The lowest BCUT2D eigenvalue weighted by atomic mass is 10.0. The van der Waals surface area contributed by atoms with Gasteiger partial charge in [0.1, 0.15) is 5.71 Å². The number of fused-ring (bicyclic) bond motifs is 1. The van der Waals surface area contributed by atoms with E-state index in [9.17, 15) is 4.79 Å². The summed E-state index contributed by atoms with van der Waals surface area (Å²) in [5.74, 6) is -0.197. The van der Waals surface area contributed by atoms with Gasteiger partial charge in [0.15, 0.2) is 0 Å². The molecule has 5 heteroatoms. The lowest BCUT2D eigenvalue weighted by molar-refractivity contribution is -0.116. The van der Waals surface area contributed by atoms with Gasteiger partial charge < -0.3 is 4.57 Å². The highest BCUT2D eigenvalue weighted by Gasteiger charge is 2.24. The van der Waals surface area contributed by atoms with Gasteiger partial charge >= 0.3 is 0 Å². The number of hydrazone groups is 1. The zero-order chi connectivity index (χ0) is 15.8. The number of aryl methyl sites for hydroxylation is 1. The summed E-state index contributed by atoms with van der Waals surface area (Å²) < 4.78 is 2.05. The smallest absolute Gasteiger partial charge is 0.273 e. The highest BCUT2D eigenvalue weighted by molar-refractivity contribution is 6.33. The lowest BCUT2D eigenvalue weighted by Gasteiger charge is -2.00. The summed E-state index contributed by atoms with van der Waals surface area (Å²) in [5, 5.41) is 5.26. The van der Waals surface area contributed by atoms with Crippen molar-refractivity contribution < 1.29 is 4.79 Å². The van der Waals surface area contributed by atoms with E-state index in [0.717, 1.165) is 22.0 Å². The third kappa shape index (κ3) is 2.23. The van der Waals surface area contributed by atoms with E-state index < -0.39 is 0 Å². The van der Waals surface area contributed by atoms with E-state index >= 15 is 0 Å². The van der Waals surface area contributed by atoms with Crippen LogP contribution in [-0.2, 0) is 11.8 Å².